The van der Waals surface area contributed by atoms with Crippen LogP contribution in [0.15, 0.2) is 39.9 Å². The number of hydrogen-bond donors (Lipinski definition) is 1. The minimum Gasteiger partial charge on any atom is -0.338 e. The standard InChI is InChI=1S/C22H25N3O3S3/c1-15-8-4-5-9-17(15)13-23-31(27,28)19-12-18(14-29-19)21-24-16(2)20(30-21)22(26)25-10-6-3-7-11-25/h4-5,8-9,12,14,23H,3,6-7,10-11,13H2,1-2H3. The molecule has 0 bridgehead atoms. The lowest BCUT2D eigenvalue weighted by Gasteiger charge is -2.26. The molecule has 1 N–H and O–H groups in total. The van der Waals surface area contributed by atoms with Gasteiger partial charge in [-0.25, -0.2) is 18.1 Å². The van der Waals surface area contributed by atoms with Crippen LogP contribution in [-0.2, 0) is 16.6 Å². The number of aromatic nitrogens is 1. The van der Waals surface area contributed by atoms with E-state index in [1.807, 2.05) is 43.0 Å². The summed E-state index contributed by atoms with van der Waals surface area (Å²) in [6, 6.07) is 9.34. The molecule has 0 radical (unpaired) electrons. The molecule has 1 saturated heterocycles. The average molecular weight is 476 g/mol. The Morgan fingerprint density at radius 1 is 1.16 bits per heavy atom. The van der Waals surface area contributed by atoms with Gasteiger partial charge in [-0.15, -0.1) is 22.7 Å². The Kier molecular flexibility index (Phi) is 6.57. The third kappa shape index (κ3) is 4.90. The van der Waals surface area contributed by atoms with Crippen molar-refractivity contribution in [1.82, 2.24) is 14.6 Å². The zero-order chi connectivity index (χ0) is 22.0. The van der Waals surface area contributed by atoms with E-state index >= 15 is 0 Å². The molecule has 164 valence electrons. The Balaban J connectivity index is 1.50. The van der Waals surface area contributed by atoms with Gasteiger partial charge in [0.2, 0.25) is 10.0 Å². The maximum Gasteiger partial charge on any atom is 0.265 e. The van der Waals surface area contributed by atoms with Gasteiger partial charge in [0.1, 0.15) is 14.1 Å². The van der Waals surface area contributed by atoms with Gasteiger partial charge in [-0.05, 0) is 50.3 Å². The lowest BCUT2D eigenvalue weighted by Crippen LogP contribution is -2.35. The van der Waals surface area contributed by atoms with E-state index in [2.05, 4.69) is 9.71 Å². The number of thiazole rings is 1. The quantitative estimate of drug-likeness (QED) is 0.565. The van der Waals surface area contributed by atoms with E-state index in [1.54, 1.807) is 11.4 Å². The fourth-order valence-corrected chi connectivity index (χ4v) is 6.89. The molecule has 1 aliphatic rings. The maximum absolute atomic E-state index is 12.9. The van der Waals surface area contributed by atoms with Gasteiger partial charge in [0.05, 0.1) is 5.69 Å². The summed E-state index contributed by atoms with van der Waals surface area (Å²) in [5.74, 6) is 0.0314. The number of hydrogen-bond acceptors (Lipinski definition) is 6. The molecule has 1 fully saturated rings. The zero-order valence-corrected chi connectivity index (χ0v) is 20.0. The van der Waals surface area contributed by atoms with Crippen LogP contribution < -0.4 is 4.72 Å². The number of nitrogens with zero attached hydrogens (tertiary/aromatic N) is 2. The fraction of sp³-hybridized carbons (Fsp3) is 0.364. The highest BCUT2D eigenvalue weighted by Crippen LogP contribution is 2.33. The van der Waals surface area contributed by atoms with E-state index < -0.39 is 10.0 Å². The monoisotopic (exact) mass is 475 g/mol. The second-order valence-electron chi connectivity index (χ2n) is 7.69. The van der Waals surface area contributed by atoms with Gasteiger partial charge in [-0.3, -0.25) is 4.79 Å². The van der Waals surface area contributed by atoms with E-state index in [9.17, 15) is 13.2 Å². The van der Waals surface area contributed by atoms with E-state index in [0.717, 1.165) is 54.0 Å². The van der Waals surface area contributed by atoms with Gasteiger partial charge in [0, 0.05) is 30.6 Å². The minimum absolute atomic E-state index is 0.0314. The van der Waals surface area contributed by atoms with Gasteiger partial charge in [-0.2, -0.15) is 0 Å². The van der Waals surface area contributed by atoms with Gasteiger partial charge in [0.25, 0.3) is 5.91 Å². The molecule has 0 aliphatic carbocycles. The number of benzene rings is 1. The first-order valence-corrected chi connectivity index (χ1v) is 13.4. The second-order valence-corrected chi connectivity index (χ2v) is 11.6. The Hall–Kier alpha value is -2.07. The van der Waals surface area contributed by atoms with Crippen molar-refractivity contribution in [3.05, 3.63) is 57.4 Å². The molecule has 0 saturated carbocycles. The first-order chi connectivity index (χ1) is 14.8. The molecule has 0 unspecified atom stereocenters. The number of likely N-dealkylation sites (tertiary alicyclic amines) is 1. The number of piperidine rings is 1. The number of sulfonamides is 1. The Morgan fingerprint density at radius 2 is 1.90 bits per heavy atom. The van der Waals surface area contributed by atoms with Crippen LogP contribution in [0, 0.1) is 13.8 Å². The molecule has 2 aromatic heterocycles. The number of carbonyl (C=O) groups is 1. The van der Waals surface area contributed by atoms with Crippen molar-refractivity contribution in [3.63, 3.8) is 0 Å². The third-order valence-electron chi connectivity index (χ3n) is 5.44. The number of aryl methyl sites for hydroxylation is 2. The zero-order valence-electron chi connectivity index (χ0n) is 17.6. The molecule has 31 heavy (non-hydrogen) atoms. The summed E-state index contributed by atoms with van der Waals surface area (Å²) < 4.78 is 28.5. The lowest BCUT2D eigenvalue weighted by molar-refractivity contribution is 0.0728. The molecule has 0 atom stereocenters. The van der Waals surface area contributed by atoms with Gasteiger partial charge >= 0.3 is 0 Å². The fourth-order valence-electron chi connectivity index (χ4n) is 3.58. The number of amides is 1. The first kappa shape index (κ1) is 22.1. The normalized spacial score (nSPS) is 14.7. The van der Waals surface area contributed by atoms with Crippen LogP contribution in [0.2, 0.25) is 0 Å². The molecule has 3 aromatic rings. The molecule has 1 aromatic carbocycles. The number of rotatable bonds is 6. The van der Waals surface area contributed by atoms with Crippen molar-refractivity contribution in [2.75, 3.05) is 13.1 Å². The predicted molar refractivity (Wildman–Crippen MR) is 125 cm³/mol. The summed E-state index contributed by atoms with van der Waals surface area (Å²) in [4.78, 5) is 20.0. The maximum atomic E-state index is 12.9. The smallest absolute Gasteiger partial charge is 0.265 e. The molecular weight excluding hydrogens is 450 g/mol. The van der Waals surface area contributed by atoms with Crippen molar-refractivity contribution >= 4 is 38.6 Å². The molecule has 6 nitrogen and oxygen atoms in total. The highest BCUT2D eigenvalue weighted by molar-refractivity contribution is 7.91. The van der Waals surface area contributed by atoms with Crippen LogP contribution in [0.5, 0.6) is 0 Å². The van der Waals surface area contributed by atoms with E-state index in [4.69, 9.17) is 0 Å². The highest BCUT2D eigenvalue weighted by atomic mass is 32.2. The van der Waals surface area contributed by atoms with Crippen LogP contribution in [0.25, 0.3) is 10.6 Å². The summed E-state index contributed by atoms with van der Waals surface area (Å²) in [7, 11) is -3.63. The lowest BCUT2D eigenvalue weighted by atomic mass is 10.1. The number of carbonyl (C=O) groups excluding carboxylic acids is 1. The molecular formula is C22H25N3O3S3. The second kappa shape index (κ2) is 9.20. The van der Waals surface area contributed by atoms with E-state index in [1.165, 1.54) is 17.8 Å². The summed E-state index contributed by atoms with van der Waals surface area (Å²) in [6.45, 7) is 5.62. The number of nitrogens with one attached hydrogen (secondary N) is 1. The summed E-state index contributed by atoms with van der Waals surface area (Å²) in [5.41, 5.74) is 3.41. The Bertz CT molecular complexity index is 1190. The van der Waals surface area contributed by atoms with Gasteiger partial charge in [0.15, 0.2) is 0 Å². The molecule has 4 rings (SSSR count). The first-order valence-electron chi connectivity index (χ1n) is 10.2. The van der Waals surface area contributed by atoms with Crippen molar-refractivity contribution in [1.29, 1.82) is 0 Å². The third-order valence-corrected chi connectivity index (χ3v) is 9.47. The van der Waals surface area contributed by atoms with Crippen LogP contribution in [-0.4, -0.2) is 37.3 Å². The largest absolute Gasteiger partial charge is 0.338 e. The van der Waals surface area contributed by atoms with Crippen LogP contribution in [0.4, 0.5) is 0 Å². The van der Waals surface area contributed by atoms with Crippen molar-refractivity contribution in [2.24, 2.45) is 0 Å². The summed E-state index contributed by atoms with van der Waals surface area (Å²) in [5, 5.41) is 2.46. The van der Waals surface area contributed by atoms with Crippen LogP contribution in [0.1, 0.15) is 45.8 Å². The molecule has 9 heteroatoms. The minimum atomic E-state index is -3.63. The van der Waals surface area contributed by atoms with E-state index in [0.29, 0.717) is 15.6 Å². The van der Waals surface area contributed by atoms with Crippen LogP contribution >= 0.6 is 22.7 Å². The summed E-state index contributed by atoms with van der Waals surface area (Å²) >= 11 is 2.50. The van der Waals surface area contributed by atoms with Gasteiger partial charge < -0.3 is 4.90 Å². The topological polar surface area (TPSA) is 79.4 Å². The average Bonchev–Trinajstić information content (AvgIpc) is 3.41. The van der Waals surface area contributed by atoms with Crippen LogP contribution in [0.3, 0.4) is 0 Å². The van der Waals surface area contributed by atoms with Crippen molar-refractivity contribution < 1.29 is 13.2 Å². The highest BCUT2D eigenvalue weighted by Gasteiger charge is 2.24. The Labute approximate surface area is 191 Å². The predicted octanol–water partition coefficient (Wildman–Crippen LogP) is 4.59. The molecule has 3 heterocycles. The van der Waals surface area contributed by atoms with Gasteiger partial charge in [-0.1, -0.05) is 24.3 Å². The molecule has 1 amide bonds. The van der Waals surface area contributed by atoms with Crippen molar-refractivity contribution in [3.8, 4) is 10.6 Å². The summed E-state index contributed by atoms with van der Waals surface area (Å²) in [6.07, 6.45) is 3.25. The number of thiophene rings is 1. The van der Waals surface area contributed by atoms with Crippen molar-refractivity contribution in [2.45, 2.75) is 43.9 Å². The van der Waals surface area contributed by atoms with E-state index in [-0.39, 0.29) is 16.7 Å². The Morgan fingerprint density at radius 3 is 2.65 bits per heavy atom. The SMILES string of the molecule is Cc1ccccc1CNS(=O)(=O)c1cc(-c2nc(C)c(C(=O)N3CCCCC3)s2)cs1. The molecule has 0 spiro atoms. The molecule has 1 aliphatic heterocycles.